The minimum atomic E-state index is -0.393. The van der Waals surface area contributed by atoms with Crippen LogP contribution in [0.15, 0.2) is 53.4 Å². The number of halogens is 1. The second-order valence-electron chi connectivity index (χ2n) is 7.39. The topological polar surface area (TPSA) is 52.7 Å². The van der Waals surface area contributed by atoms with Crippen molar-refractivity contribution in [2.75, 3.05) is 38.3 Å². The molecule has 0 aromatic heterocycles. The molecule has 1 saturated heterocycles. The maximum absolute atomic E-state index is 13.6. The molecule has 1 aliphatic rings. The van der Waals surface area contributed by atoms with Gasteiger partial charge in [-0.05, 0) is 56.2 Å². The van der Waals surface area contributed by atoms with Crippen molar-refractivity contribution in [1.29, 1.82) is 0 Å². The largest absolute Gasteiger partial charge is 0.354 e. The zero-order valence-corrected chi connectivity index (χ0v) is 17.7. The van der Waals surface area contributed by atoms with Gasteiger partial charge in [0.2, 0.25) is 11.8 Å². The first-order valence-corrected chi connectivity index (χ1v) is 10.8. The van der Waals surface area contributed by atoms with Crippen LogP contribution in [0.25, 0.3) is 0 Å². The van der Waals surface area contributed by atoms with E-state index in [1.165, 1.54) is 12.1 Å². The normalized spacial score (nSPS) is 17.6. The molecule has 1 N–H and O–H groups in total. The lowest BCUT2D eigenvalue weighted by molar-refractivity contribution is -0.126. The molecule has 3 rings (SSSR count). The number of nitrogens with one attached hydrogen (secondary N) is 1. The fourth-order valence-electron chi connectivity index (χ4n) is 3.57. The number of amides is 2. The van der Waals surface area contributed by atoms with E-state index in [-0.39, 0.29) is 30.1 Å². The van der Waals surface area contributed by atoms with Gasteiger partial charge in [0.25, 0.3) is 0 Å². The summed E-state index contributed by atoms with van der Waals surface area (Å²) in [6.45, 7) is 0.719. The first-order chi connectivity index (χ1) is 13.9. The predicted octanol–water partition coefficient (Wildman–Crippen LogP) is 3.32. The Bertz CT molecular complexity index is 890. The minimum Gasteiger partial charge on any atom is -0.354 e. The number of hydrogen-bond donors (Lipinski definition) is 1. The van der Waals surface area contributed by atoms with Gasteiger partial charge in [-0.15, -0.1) is 11.8 Å². The van der Waals surface area contributed by atoms with Gasteiger partial charge in [0.15, 0.2) is 0 Å². The average molecular weight is 416 g/mol. The lowest BCUT2D eigenvalue weighted by Crippen LogP contribution is -2.38. The van der Waals surface area contributed by atoms with Crippen LogP contribution in [0.1, 0.15) is 18.0 Å². The number of carbonyl (C=O) groups excluding carboxylic acids is 2. The van der Waals surface area contributed by atoms with Crippen LogP contribution in [0, 0.1) is 11.7 Å². The van der Waals surface area contributed by atoms with E-state index in [4.69, 9.17) is 0 Å². The molecule has 0 radical (unpaired) electrons. The van der Waals surface area contributed by atoms with Crippen molar-refractivity contribution < 1.29 is 14.0 Å². The zero-order chi connectivity index (χ0) is 21.0. The molecule has 0 aliphatic carbocycles. The summed E-state index contributed by atoms with van der Waals surface area (Å²) < 4.78 is 13.6. The van der Waals surface area contributed by atoms with E-state index in [1.807, 2.05) is 55.6 Å². The highest BCUT2D eigenvalue weighted by Gasteiger charge is 2.35. The quantitative estimate of drug-likeness (QED) is 0.705. The number of anilines is 1. The van der Waals surface area contributed by atoms with Gasteiger partial charge in [-0.1, -0.05) is 18.2 Å². The maximum Gasteiger partial charge on any atom is 0.227 e. The van der Waals surface area contributed by atoms with Gasteiger partial charge in [-0.3, -0.25) is 9.59 Å². The van der Waals surface area contributed by atoms with Crippen LogP contribution in [0.5, 0.6) is 0 Å². The molecular formula is C22H26FN3O2S. The number of thioether (sulfide) groups is 1. The number of benzene rings is 2. The third kappa shape index (κ3) is 5.16. The summed E-state index contributed by atoms with van der Waals surface area (Å²) in [6.07, 6.45) is 2.18. The van der Waals surface area contributed by atoms with Gasteiger partial charge in [0.1, 0.15) is 5.82 Å². The second kappa shape index (κ2) is 9.41. The number of likely N-dealkylation sites (N-methyl/N-ethyl adjacent to an activating group) is 1. The van der Waals surface area contributed by atoms with Crippen LogP contribution >= 0.6 is 11.8 Å². The molecule has 2 aromatic carbocycles. The summed E-state index contributed by atoms with van der Waals surface area (Å²) in [5.74, 6) is -0.885. The van der Waals surface area contributed by atoms with Gasteiger partial charge in [-0.25, -0.2) is 4.39 Å². The molecule has 1 fully saturated rings. The summed E-state index contributed by atoms with van der Waals surface area (Å²) in [5.41, 5.74) is 1.62. The molecule has 154 valence electrons. The lowest BCUT2D eigenvalue weighted by atomic mass is 10.0. The first kappa shape index (κ1) is 21.3. The Morgan fingerprint density at radius 1 is 1.28 bits per heavy atom. The van der Waals surface area contributed by atoms with Gasteiger partial charge in [-0.2, -0.15) is 0 Å². The lowest BCUT2D eigenvalue weighted by Gasteiger charge is -2.26. The molecule has 5 nitrogen and oxygen atoms in total. The molecule has 1 aliphatic heterocycles. The van der Waals surface area contributed by atoms with E-state index in [0.29, 0.717) is 13.1 Å². The third-order valence-corrected chi connectivity index (χ3v) is 5.91. The molecule has 0 unspecified atom stereocenters. The highest BCUT2D eigenvalue weighted by atomic mass is 32.2. The molecule has 2 amide bonds. The Morgan fingerprint density at radius 2 is 2.03 bits per heavy atom. The summed E-state index contributed by atoms with van der Waals surface area (Å²) >= 11 is 1.61. The SMILES string of the molecule is CSc1cccc(N2C[C@H](C(=O)NC[C@H](c3cccc(F)c3)N(C)C)CC2=O)c1. The Morgan fingerprint density at radius 3 is 2.72 bits per heavy atom. The zero-order valence-electron chi connectivity index (χ0n) is 16.9. The van der Waals surface area contributed by atoms with Crippen LogP contribution in [-0.2, 0) is 9.59 Å². The van der Waals surface area contributed by atoms with Crippen molar-refractivity contribution in [3.05, 3.63) is 59.9 Å². The number of rotatable bonds is 7. The fraction of sp³-hybridized carbons (Fsp3) is 0.364. The summed E-state index contributed by atoms with van der Waals surface area (Å²) in [7, 11) is 3.78. The van der Waals surface area contributed by atoms with Crippen molar-refractivity contribution in [3.63, 3.8) is 0 Å². The van der Waals surface area contributed by atoms with E-state index in [0.717, 1.165) is 16.1 Å². The van der Waals surface area contributed by atoms with Crippen molar-refractivity contribution >= 4 is 29.3 Å². The molecule has 0 bridgehead atoms. The summed E-state index contributed by atoms with van der Waals surface area (Å²) in [4.78, 5) is 29.9. The Hall–Kier alpha value is -2.38. The highest BCUT2D eigenvalue weighted by molar-refractivity contribution is 7.98. The molecular weight excluding hydrogens is 389 g/mol. The standard InChI is InChI=1S/C22H26FN3O2S/c1-25(2)20(15-6-4-7-17(23)10-15)13-24-22(28)16-11-21(27)26(14-16)18-8-5-9-19(12-18)29-3/h4-10,12,16,20H,11,13-14H2,1-3H3,(H,24,28)/t16-,20-/m1/s1. The van der Waals surface area contributed by atoms with Gasteiger partial charge >= 0.3 is 0 Å². The van der Waals surface area contributed by atoms with Crippen LogP contribution in [0.2, 0.25) is 0 Å². The van der Waals surface area contributed by atoms with E-state index in [9.17, 15) is 14.0 Å². The van der Waals surface area contributed by atoms with E-state index in [1.54, 1.807) is 22.7 Å². The highest BCUT2D eigenvalue weighted by Crippen LogP contribution is 2.28. The Kier molecular flexibility index (Phi) is 6.92. The van der Waals surface area contributed by atoms with Crippen molar-refractivity contribution in [2.45, 2.75) is 17.4 Å². The van der Waals surface area contributed by atoms with Crippen LogP contribution in [0.3, 0.4) is 0 Å². The fourth-order valence-corrected chi connectivity index (χ4v) is 4.02. The Balaban J connectivity index is 1.64. The predicted molar refractivity (Wildman–Crippen MR) is 115 cm³/mol. The molecule has 0 spiro atoms. The van der Waals surface area contributed by atoms with Gasteiger partial charge in [0.05, 0.1) is 12.0 Å². The van der Waals surface area contributed by atoms with Gasteiger partial charge in [0, 0.05) is 30.1 Å². The molecule has 2 atom stereocenters. The summed E-state index contributed by atoms with van der Waals surface area (Å²) in [6, 6.07) is 14.0. The van der Waals surface area contributed by atoms with Crippen molar-refractivity contribution in [3.8, 4) is 0 Å². The molecule has 29 heavy (non-hydrogen) atoms. The molecule has 0 saturated carbocycles. The average Bonchev–Trinajstić information content (AvgIpc) is 3.09. The number of nitrogens with zero attached hydrogens (tertiary/aromatic N) is 2. The van der Waals surface area contributed by atoms with Crippen LogP contribution < -0.4 is 10.2 Å². The van der Waals surface area contributed by atoms with E-state index >= 15 is 0 Å². The van der Waals surface area contributed by atoms with Crippen molar-refractivity contribution in [1.82, 2.24) is 10.2 Å². The number of carbonyl (C=O) groups is 2. The Labute approximate surface area is 175 Å². The van der Waals surface area contributed by atoms with Crippen molar-refractivity contribution in [2.24, 2.45) is 5.92 Å². The van der Waals surface area contributed by atoms with E-state index in [2.05, 4.69) is 5.32 Å². The third-order valence-electron chi connectivity index (χ3n) is 5.19. The summed E-state index contributed by atoms with van der Waals surface area (Å²) in [5, 5.41) is 2.95. The molecule has 1 heterocycles. The maximum atomic E-state index is 13.6. The van der Waals surface area contributed by atoms with Crippen LogP contribution in [0.4, 0.5) is 10.1 Å². The number of hydrogen-bond acceptors (Lipinski definition) is 4. The molecule has 2 aromatic rings. The minimum absolute atomic E-state index is 0.0438. The second-order valence-corrected chi connectivity index (χ2v) is 8.27. The smallest absolute Gasteiger partial charge is 0.227 e. The monoisotopic (exact) mass is 415 g/mol. The van der Waals surface area contributed by atoms with Gasteiger partial charge < -0.3 is 15.1 Å². The molecule has 7 heteroatoms. The first-order valence-electron chi connectivity index (χ1n) is 9.53. The van der Waals surface area contributed by atoms with E-state index < -0.39 is 5.92 Å². The van der Waals surface area contributed by atoms with Crippen LogP contribution in [-0.4, -0.2) is 50.2 Å².